The van der Waals surface area contributed by atoms with E-state index in [-0.39, 0.29) is 12.5 Å². The van der Waals surface area contributed by atoms with E-state index < -0.39 is 6.04 Å². The van der Waals surface area contributed by atoms with Crippen molar-refractivity contribution in [3.63, 3.8) is 0 Å². The van der Waals surface area contributed by atoms with Crippen LogP contribution in [0.25, 0.3) is 5.65 Å². The molecule has 0 spiro atoms. The van der Waals surface area contributed by atoms with E-state index in [0.717, 1.165) is 11.2 Å². The number of rotatable bonds is 5. The van der Waals surface area contributed by atoms with Gasteiger partial charge in [-0.15, -0.1) is 10.2 Å². The molecule has 1 amide bonds. The van der Waals surface area contributed by atoms with E-state index in [2.05, 4.69) is 20.4 Å². The quantitative estimate of drug-likeness (QED) is 0.688. The predicted molar refractivity (Wildman–Crippen MR) is 106 cm³/mol. The van der Waals surface area contributed by atoms with Crippen molar-refractivity contribution in [2.45, 2.75) is 12.6 Å². The molecule has 1 atom stereocenters. The average Bonchev–Trinajstić information content (AvgIpc) is 3.12. The molecule has 1 N–H and O–H groups in total. The Balaban J connectivity index is 1.57. The van der Waals surface area contributed by atoms with Gasteiger partial charge in [0.25, 0.3) is 0 Å². The summed E-state index contributed by atoms with van der Waals surface area (Å²) in [4.78, 5) is 15.2. The minimum absolute atomic E-state index is 0.154. The zero-order valence-electron chi connectivity index (χ0n) is 15.0. The molecular weight excluding hydrogens is 401 g/mol. The Morgan fingerprint density at radius 2 is 2.00 bits per heavy atom. The highest BCUT2D eigenvalue weighted by Crippen LogP contribution is 2.31. The summed E-state index contributed by atoms with van der Waals surface area (Å²) in [7, 11) is 0. The number of halogens is 2. The van der Waals surface area contributed by atoms with Crippen LogP contribution in [0, 0.1) is 0 Å². The normalized spacial score (nSPS) is 16.2. The molecule has 0 radical (unpaired) electrons. The molecule has 1 saturated heterocycles. The lowest BCUT2D eigenvalue weighted by molar-refractivity contribution is -0.128. The molecule has 28 heavy (non-hydrogen) atoms. The summed E-state index contributed by atoms with van der Waals surface area (Å²) in [5.41, 5.74) is 1.45. The van der Waals surface area contributed by atoms with E-state index in [1.165, 1.54) is 0 Å². The lowest BCUT2D eigenvalue weighted by atomic mass is 10.0. The number of carbonyl (C=O) groups excluding carboxylic acids is 1. The van der Waals surface area contributed by atoms with Gasteiger partial charge in [0.05, 0.1) is 19.8 Å². The van der Waals surface area contributed by atoms with Crippen molar-refractivity contribution in [3.05, 3.63) is 64.0 Å². The van der Waals surface area contributed by atoms with E-state index in [4.69, 9.17) is 27.9 Å². The van der Waals surface area contributed by atoms with E-state index in [1.807, 2.05) is 28.8 Å². The Hall–Kier alpha value is -2.19. The molecule has 9 heteroatoms. The first-order valence-electron chi connectivity index (χ1n) is 8.96. The van der Waals surface area contributed by atoms with Gasteiger partial charge in [-0.1, -0.05) is 35.3 Å². The molecular formula is C19H19Cl2N5O2. The summed E-state index contributed by atoms with van der Waals surface area (Å²) in [5.74, 6) is 0.505. The van der Waals surface area contributed by atoms with E-state index >= 15 is 0 Å². The predicted octanol–water partition coefficient (Wildman–Crippen LogP) is 2.73. The smallest absolute Gasteiger partial charge is 0.242 e. The molecule has 1 fully saturated rings. The topological polar surface area (TPSA) is 71.8 Å². The Morgan fingerprint density at radius 1 is 1.18 bits per heavy atom. The second-order valence-electron chi connectivity index (χ2n) is 6.48. The third-order valence-corrected chi connectivity index (χ3v) is 5.28. The first kappa shape index (κ1) is 19.1. The van der Waals surface area contributed by atoms with Gasteiger partial charge in [0.2, 0.25) is 5.91 Å². The summed E-state index contributed by atoms with van der Waals surface area (Å²) in [6.07, 6.45) is 1.87. The van der Waals surface area contributed by atoms with Crippen LogP contribution < -0.4 is 5.32 Å². The van der Waals surface area contributed by atoms with E-state index in [9.17, 15) is 4.79 Å². The van der Waals surface area contributed by atoms with Crippen molar-refractivity contribution in [1.29, 1.82) is 0 Å². The van der Waals surface area contributed by atoms with Crippen LogP contribution in [0.2, 0.25) is 10.0 Å². The molecule has 1 aliphatic heterocycles. The molecule has 3 heterocycles. The Kier molecular flexibility index (Phi) is 5.77. The lowest BCUT2D eigenvalue weighted by Crippen LogP contribution is -2.45. The number of carbonyl (C=O) groups is 1. The summed E-state index contributed by atoms with van der Waals surface area (Å²) in [6.45, 7) is 2.69. The highest BCUT2D eigenvalue weighted by atomic mass is 35.5. The third-order valence-electron chi connectivity index (χ3n) is 4.72. The summed E-state index contributed by atoms with van der Waals surface area (Å²) in [5, 5.41) is 12.3. The minimum Gasteiger partial charge on any atom is -0.379 e. The van der Waals surface area contributed by atoms with Crippen molar-refractivity contribution >= 4 is 34.8 Å². The fraction of sp³-hybridized carbons (Fsp3) is 0.316. The molecule has 0 aliphatic carbocycles. The number of pyridine rings is 1. The fourth-order valence-electron chi connectivity index (χ4n) is 3.34. The van der Waals surface area contributed by atoms with Crippen molar-refractivity contribution in [1.82, 2.24) is 24.8 Å². The van der Waals surface area contributed by atoms with Gasteiger partial charge in [0.1, 0.15) is 6.04 Å². The summed E-state index contributed by atoms with van der Waals surface area (Å²) < 4.78 is 7.28. The highest BCUT2D eigenvalue weighted by molar-refractivity contribution is 6.35. The van der Waals surface area contributed by atoms with Crippen LogP contribution in [0.4, 0.5) is 0 Å². The number of morpholine rings is 1. The van der Waals surface area contributed by atoms with Crippen LogP contribution in [0.15, 0.2) is 42.6 Å². The van der Waals surface area contributed by atoms with Crippen molar-refractivity contribution in [2.24, 2.45) is 0 Å². The number of hydrogen-bond acceptors (Lipinski definition) is 5. The van der Waals surface area contributed by atoms with Crippen LogP contribution in [0.1, 0.15) is 17.4 Å². The summed E-state index contributed by atoms with van der Waals surface area (Å²) in [6, 6.07) is 10.3. The highest BCUT2D eigenvalue weighted by Gasteiger charge is 2.30. The van der Waals surface area contributed by atoms with Crippen LogP contribution in [0.5, 0.6) is 0 Å². The van der Waals surface area contributed by atoms with Gasteiger partial charge in [-0.3, -0.25) is 14.1 Å². The molecule has 2 aromatic heterocycles. The maximum Gasteiger partial charge on any atom is 0.242 e. The van der Waals surface area contributed by atoms with Crippen molar-refractivity contribution < 1.29 is 9.53 Å². The Labute approximate surface area is 172 Å². The number of hydrogen-bond donors (Lipinski definition) is 1. The number of ether oxygens (including phenoxy) is 1. The number of aromatic nitrogens is 3. The third kappa shape index (κ3) is 3.98. The second-order valence-corrected chi connectivity index (χ2v) is 7.32. The van der Waals surface area contributed by atoms with Crippen LogP contribution in [-0.4, -0.2) is 51.7 Å². The molecule has 7 nitrogen and oxygen atoms in total. The van der Waals surface area contributed by atoms with Crippen molar-refractivity contribution in [3.8, 4) is 0 Å². The van der Waals surface area contributed by atoms with Gasteiger partial charge < -0.3 is 10.1 Å². The molecule has 1 aromatic carbocycles. The number of amides is 1. The van der Waals surface area contributed by atoms with Gasteiger partial charge in [-0.25, -0.2) is 0 Å². The van der Waals surface area contributed by atoms with Gasteiger partial charge >= 0.3 is 0 Å². The number of nitrogens with zero attached hydrogens (tertiary/aromatic N) is 4. The monoisotopic (exact) mass is 419 g/mol. The zero-order chi connectivity index (χ0) is 19.5. The standard InChI is InChI=1S/C19H19Cl2N5O2/c20-13-4-5-14(15(21)11-13)18(25-7-9-28-10-8-25)19(27)22-12-17-24-23-16-3-1-2-6-26(16)17/h1-6,11,18H,7-10,12H2,(H,22,27)/t18-/m0/s1. The maximum absolute atomic E-state index is 13.2. The molecule has 0 saturated carbocycles. The number of benzene rings is 1. The Morgan fingerprint density at radius 3 is 2.79 bits per heavy atom. The van der Waals surface area contributed by atoms with Gasteiger partial charge in [-0.05, 0) is 29.8 Å². The van der Waals surface area contributed by atoms with Crippen LogP contribution >= 0.6 is 23.2 Å². The molecule has 146 valence electrons. The number of nitrogens with one attached hydrogen (secondary N) is 1. The first-order chi connectivity index (χ1) is 13.6. The van der Waals surface area contributed by atoms with E-state index in [0.29, 0.717) is 42.2 Å². The summed E-state index contributed by atoms with van der Waals surface area (Å²) >= 11 is 12.5. The molecule has 1 aliphatic rings. The van der Waals surface area contributed by atoms with Crippen LogP contribution in [0.3, 0.4) is 0 Å². The molecule has 0 bridgehead atoms. The van der Waals surface area contributed by atoms with Crippen molar-refractivity contribution in [2.75, 3.05) is 26.3 Å². The maximum atomic E-state index is 13.2. The van der Waals surface area contributed by atoms with Crippen LogP contribution in [-0.2, 0) is 16.1 Å². The molecule has 4 rings (SSSR count). The fourth-order valence-corrected chi connectivity index (χ4v) is 3.85. The SMILES string of the molecule is O=C(NCc1nnc2ccccn12)[C@H](c1ccc(Cl)cc1Cl)N1CCOCC1. The minimum atomic E-state index is -0.534. The largest absolute Gasteiger partial charge is 0.379 e. The second kappa shape index (κ2) is 8.45. The Bertz CT molecular complexity index is 987. The zero-order valence-corrected chi connectivity index (χ0v) is 16.5. The molecule has 3 aromatic rings. The number of fused-ring (bicyclic) bond motifs is 1. The van der Waals surface area contributed by atoms with Gasteiger partial charge in [0.15, 0.2) is 11.5 Å². The van der Waals surface area contributed by atoms with Gasteiger partial charge in [-0.2, -0.15) is 0 Å². The lowest BCUT2D eigenvalue weighted by Gasteiger charge is -2.34. The van der Waals surface area contributed by atoms with E-state index in [1.54, 1.807) is 18.2 Å². The van der Waals surface area contributed by atoms with Gasteiger partial charge in [0, 0.05) is 29.3 Å². The first-order valence-corrected chi connectivity index (χ1v) is 9.72. The average molecular weight is 420 g/mol. The molecule has 0 unspecified atom stereocenters.